The molecular formula is C13H16ClNO2. The van der Waals surface area contributed by atoms with Crippen molar-refractivity contribution in [2.75, 3.05) is 13.2 Å². The van der Waals surface area contributed by atoms with E-state index in [1.54, 1.807) is 12.1 Å². The second-order valence-electron chi connectivity index (χ2n) is 4.65. The van der Waals surface area contributed by atoms with Crippen LogP contribution in [-0.2, 0) is 10.6 Å². The largest absolute Gasteiger partial charge is 0.379 e. The first-order valence-corrected chi connectivity index (χ1v) is 6.22. The molecule has 1 aromatic carbocycles. The first-order valence-electron chi connectivity index (χ1n) is 5.68. The summed E-state index contributed by atoms with van der Waals surface area (Å²) in [5, 5.41) is 3.01. The molecule has 1 N–H and O–H groups in total. The maximum atomic E-state index is 12.0. The van der Waals surface area contributed by atoms with Crippen molar-refractivity contribution < 1.29 is 9.53 Å². The van der Waals surface area contributed by atoms with Crippen molar-refractivity contribution in [3.63, 3.8) is 0 Å². The highest BCUT2D eigenvalue weighted by Crippen LogP contribution is 2.18. The highest BCUT2D eigenvalue weighted by atomic mass is 35.5. The van der Waals surface area contributed by atoms with E-state index in [1.165, 1.54) is 0 Å². The van der Waals surface area contributed by atoms with Gasteiger partial charge in [-0.1, -0.05) is 12.1 Å². The van der Waals surface area contributed by atoms with Gasteiger partial charge < -0.3 is 10.1 Å². The maximum Gasteiger partial charge on any atom is 0.251 e. The Kier molecular flexibility index (Phi) is 3.69. The summed E-state index contributed by atoms with van der Waals surface area (Å²) < 4.78 is 5.30. The Bertz CT molecular complexity index is 396. The number of carbonyl (C=O) groups is 1. The van der Waals surface area contributed by atoms with Gasteiger partial charge in [-0.3, -0.25) is 4.79 Å². The number of halogens is 1. The van der Waals surface area contributed by atoms with E-state index >= 15 is 0 Å². The molecule has 3 nitrogen and oxygen atoms in total. The molecule has 1 amide bonds. The third-order valence-corrected chi connectivity index (χ3v) is 3.31. The van der Waals surface area contributed by atoms with E-state index in [9.17, 15) is 4.79 Å². The van der Waals surface area contributed by atoms with Crippen LogP contribution in [0.1, 0.15) is 29.3 Å². The van der Waals surface area contributed by atoms with Crippen LogP contribution in [0, 0.1) is 0 Å². The van der Waals surface area contributed by atoms with Gasteiger partial charge in [-0.2, -0.15) is 0 Å². The quantitative estimate of drug-likeness (QED) is 0.840. The Labute approximate surface area is 106 Å². The van der Waals surface area contributed by atoms with E-state index in [0.29, 0.717) is 24.7 Å². The molecule has 1 unspecified atom stereocenters. The lowest BCUT2D eigenvalue weighted by molar-refractivity contribution is 0.0890. The zero-order valence-corrected chi connectivity index (χ0v) is 10.6. The molecule has 4 heteroatoms. The zero-order chi connectivity index (χ0) is 12.3. The summed E-state index contributed by atoms with van der Waals surface area (Å²) in [6.07, 6.45) is 0.860. The van der Waals surface area contributed by atoms with Crippen molar-refractivity contribution >= 4 is 17.5 Å². The maximum absolute atomic E-state index is 12.0. The third-order valence-electron chi connectivity index (χ3n) is 3.00. The minimum absolute atomic E-state index is 0.0564. The van der Waals surface area contributed by atoms with Gasteiger partial charge in [0.1, 0.15) is 0 Å². The highest BCUT2D eigenvalue weighted by molar-refractivity contribution is 6.17. The smallest absolute Gasteiger partial charge is 0.251 e. The molecule has 0 saturated carbocycles. The van der Waals surface area contributed by atoms with Crippen LogP contribution in [0.2, 0.25) is 0 Å². The molecule has 0 bridgehead atoms. The first kappa shape index (κ1) is 12.4. The van der Waals surface area contributed by atoms with E-state index in [-0.39, 0.29) is 11.4 Å². The van der Waals surface area contributed by atoms with Gasteiger partial charge in [-0.05, 0) is 31.0 Å². The Morgan fingerprint density at radius 2 is 2.18 bits per heavy atom. The summed E-state index contributed by atoms with van der Waals surface area (Å²) in [5.74, 6) is 0.409. The van der Waals surface area contributed by atoms with Gasteiger partial charge in [0.25, 0.3) is 5.91 Å². The number of benzene rings is 1. The Hall–Kier alpha value is -1.06. The van der Waals surface area contributed by atoms with Crippen LogP contribution in [0.5, 0.6) is 0 Å². The van der Waals surface area contributed by atoms with E-state index in [0.717, 1.165) is 12.0 Å². The molecule has 0 aromatic heterocycles. The fourth-order valence-electron chi connectivity index (χ4n) is 1.86. The van der Waals surface area contributed by atoms with Gasteiger partial charge in [-0.15, -0.1) is 11.6 Å². The number of hydrogen-bond donors (Lipinski definition) is 1. The van der Waals surface area contributed by atoms with E-state index in [1.807, 2.05) is 19.1 Å². The number of nitrogens with one attached hydrogen (secondary N) is 1. The van der Waals surface area contributed by atoms with Crippen LogP contribution < -0.4 is 5.32 Å². The number of rotatable bonds is 3. The van der Waals surface area contributed by atoms with Gasteiger partial charge in [0.05, 0.1) is 12.1 Å². The Balaban J connectivity index is 2.03. The molecule has 0 spiro atoms. The molecule has 2 rings (SSSR count). The molecule has 0 aliphatic carbocycles. The lowest BCUT2D eigenvalue weighted by atomic mass is 10.0. The summed E-state index contributed by atoms with van der Waals surface area (Å²) in [5.41, 5.74) is 1.44. The van der Waals surface area contributed by atoms with Crippen molar-refractivity contribution in [2.45, 2.75) is 24.8 Å². The molecule has 1 aliphatic heterocycles. The van der Waals surface area contributed by atoms with Gasteiger partial charge in [-0.25, -0.2) is 0 Å². The minimum Gasteiger partial charge on any atom is -0.379 e. The molecule has 1 fully saturated rings. The van der Waals surface area contributed by atoms with Gasteiger partial charge in [0.2, 0.25) is 0 Å². The van der Waals surface area contributed by atoms with Crippen molar-refractivity contribution in [1.29, 1.82) is 0 Å². The minimum atomic E-state index is -0.234. The fourth-order valence-corrected chi connectivity index (χ4v) is 2.04. The molecule has 92 valence electrons. The average molecular weight is 254 g/mol. The number of amides is 1. The molecular weight excluding hydrogens is 238 g/mol. The molecule has 1 aliphatic rings. The fraction of sp³-hybridized carbons (Fsp3) is 0.462. The lowest BCUT2D eigenvalue weighted by Crippen LogP contribution is -2.46. The lowest BCUT2D eigenvalue weighted by Gasteiger charge is -2.23. The van der Waals surface area contributed by atoms with E-state index in [2.05, 4.69) is 5.32 Å². The summed E-state index contributed by atoms with van der Waals surface area (Å²) in [6, 6.07) is 7.34. The topological polar surface area (TPSA) is 38.3 Å². The van der Waals surface area contributed by atoms with Crippen LogP contribution in [0.4, 0.5) is 0 Å². The average Bonchev–Trinajstić information content (AvgIpc) is 2.76. The van der Waals surface area contributed by atoms with Crippen LogP contribution >= 0.6 is 11.6 Å². The second kappa shape index (κ2) is 5.07. The number of hydrogen-bond acceptors (Lipinski definition) is 2. The summed E-state index contributed by atoms with van der Waals surface area (Å²) in [6.45, 7) is 3.30. The third kappa shape index (κ3) is 2.99. The molecule has 1 atom stereocenters. The zero-order valence-electron chi connectivity index (χ0n) is 9.83. The number of alkyl halides is 1. The number of carbonyl (C=O) groups excluding carboxylic acids is 1. The first-order chi connectivity index (χ1) is 8.13. The van der Waals surface area contributed by atoms with E-state index < -0.39 is 0 Å². The molecule has 1 saturated heterocycles. The van der Waals surface area contributed by atoms with Crippen LogP contribution in [0.15, 0.2) is 24.3 Å². The van der Waals surface area contributed by atoms with Crippen LogP contribution in [0.3, 0.4) is 0 Å². The highest BCUT2D eigenvalue weighted by Gasteiger charge is 2.31. The SMILES string of the molecule is CC1(NC(=O)c2ccc(CCl)cc2)CCOC1. The standard InChI is InChI=1S/C13H16ClNO2/c1-13(6-7-17-9-13)15-12(16)11-4-2-10(8-14)3-5-11/h2-5H,6-9H2,1H3,(H,15,16). The van der Waals surface area contributed by atoms with Crippen LogP contribution in [-0.4, -0.2) is 24.7 Å². The second-order valence-corrected chi connectivity index (χ2v) is 4.92. The number of ether oxygens (including phenoxy) is 1. The molecule has 17 heavy (non-hydrogen) atoms. The van der Waals surface area contributed by atoms with Gasteiger partial charge >= 0.3 is 0 Å². The Morgan fingerprint density at radius 3 is 2.71 bits per heavy atom. The molecule has 0 radical (unpaired) electrons. The van der Waals surface area contributed by atoms with Gasteiger partial charge in [0.15, 0.2) is 0 Å². The van der Waals surface area contributed by atoms with Crippen molar-refractivity contribution in [1.82, 2.24) is 5.32 Å². The van der Waals surface area contributed by atoms with Crippen molar-refractivity contribution in [3.05, 3.63) is 35.4 Å². The predicted octanol–water partition coefficient (Wildman–Crippen LogP) is 2.33. The Morgan fingerprint density at radius 1 is 1.47 bits per heavy atom. The van der Waals surface area contributed by atoms with Crippen LogP contribution in [0.25, 0.3) is 0 Å². The van der Waals surface area contributed by atoms with Gasteiger partial charge in [0, 0.05) is 18.1 Å². The van der Waals surface area contributed by atoms with Crippen molar-refractivity contribution in [3.8, 4) is 0 Å². The normalized spacial score (nSPS) is 23.6. The summed E-state index contributed by atoms with van der Waals surface area (Å²) >= 11 is 5.70. The monoisotopic (exact) mass is 253 g/mol. The van der Waals surface area contributed by atoms with Crippen molar-refractivity contribution in [2.24, 2.45) is 0 Å². The summed E-state index contributed by atoms with van der Waals surface area (Å²) in [4.78, 5) is 12.0. The van der Waals surface area contributed by atoms with E-state index in [4.69, 9.17) is 16.3 Å². The molecule has 1 heterocycles. The summed E-state index contributed by atoms with van der Waals surface area (Å²) in [7, 11) is 0. The molecule has 1 aromatic rings. The predicted molar refractivity (Wildman–Crippen MR) is 67.3 cm³/mol.